The predicted octanol–water partition coefficient (Wildman–Crippen LogP) is 3.86. The fraction of sp³-hybridized carbons (Fsp3) is 0.143. The number of fused-ring (bicyclic) bond motifs is 1. The molecule has 0 saturated heterocycles. The van der Waals surface area contributed by atoms with Crippen LogP contribution in [-0.2, 0) is 13.1 Å². The van der Waals surface area contributed by atoms with E-state index in [1.54, 1.807) is 23.2 Å². The molecule has 1 N–H and O–H groups in total. The second-order valence-electron chi connectivity index (χ2n) is 6.43. The van der Waals surface area contributed by atoms with Crippen LogP contribution < -0.4 is 5.32 Å². The van der Waals surface area contributed by atoms with Crippen LogP contribution in [0.2, 0.25) is 0 Å². The monoisotopic (exact) mass is 378 g/mol. The van der Waals surface area contributed by atoms with Gasteiger partial charge in [-0.25, -0.2) is 13.6 Å². The Bertz CT molecular complexity index is 1080. The molecule has 4 rings (SSSR count). The van der Waals surface area contributed by atoms with E-state index in [1.165, 1.54) is 30.3 Å². The van der Waals surface area contributed by atoms with Crippen molar-refractivity contribution in [2.24, 2.45) is 0 Å². The van der Waals surface area contributed by atoms with Crippen molar-refractivity contribution in [1.82, 2.24) is 14.7 Å². The van der Waals surface area contributed by atoms with Gasteiger partial charge in [0.2, 0.25) is 0 Å². The summed E-state index contributed by atoms with van der Waals surface area (Å²) in [6, 6.07) is 9.96. The third-order valence-corrected chi connectivity index (χ3v) is 4.69. The van der Waals surface area contributed by atoms with Crippen molar-refractivity contribution in [3.8, 4) is 23.5 Å². The van der Waals surface area contributed by atoms with E-state index in [4.69, 9.17) is 6.42 Å². The zero-order valence-corrected chi connectivity index (χ0v) is 14.8. The summed E-state index contributed by atoms with van der Waals surface area (Å²) in [5.74, 6) is 1.43. The third kappa shape index (κ3) is 3.32. The highest BCUT2D eigenvalue weighted by atomic mass is 19.1. The molecule has 2 amide bonds. The van der Waals surface area contributed by atoms with Gasteiger partial charge in [-0.05, 0) is 35.9 Å². The molecule has 5 nitrogen and oxygen atoms in total. The maximum absolute atomic E-state index is 13.5. The first-order valence-corrected chi connectivity index (χ1v) is 8.68. The number of aromatic nitrogens is 2. The minimum Gasteiger partial charge on any atom is -0.317 e. The molecule has 7 heteroatoms. The number of hydrogen-bond donors (Lipinski definition) is 1. The zero-order chi connectivity index (χ0) is 19.7. The minimum atomic E-state index is -0.508. The summed E-state index contributed by atoms with van der Waals surface area (Å²) >= 11 is 0. The number of anilines is 1. The van der Waals surface area contributed by atoms with E-state index < -0.39 is 5.82 Å². The van der Waals surface area contributed by atoms with Gasteiger partial charge in [0.05, 0.1) is 30.5 Å². The second-order valence-corrected chi connectivity index (χ2v) is 6.43. The molecule has 140 valence electrons. The first-order chi connectivity index (χ1) is 13.5. The lowest BCUT2D eigenvalue weighted by molar-refractivity contribution is 0.194. The number of terminal acetylenes is 1. The number of benzene rings is 2. The normalized spacial score (nSPS) is 13.0. The van der Waals surface area contributed by atoms with Crippen LogP contribution in [0.1, 0.15) is 11.3 Å². The lowest BCUT2D eigenvalue weighted by atomic mass is 10.1. The standard InChI is InChI=1S/C21H16F2N4O/c1-2-14-11-17(7-8-19(14)23)25-21(28)26-9-10-27-20(13-26)18(12-24-27)15-3-5-16(22)6-4-15/h1,3-8,11-12H,9-10,13H2,(H,25,28). The number of urea groups is 1. The number of nitrogens with one attached hydrogen (secondary N) is 1. The van der Waals surface area contributed by atoms with Crippen LogP contribution in [0.25, 0.3) is 11.1 Å². The van der Waals surface area contributed by atoms with Crippen molar-refractivity contribution in [3.63, 3.8) is 0 Å². The molecule has 2 heterocycles. The third-order valence-electron chi connectivity index (χ3n) is 4.69. The fourth-order valence-corrected chi connectivity index (χ4v) is 3.21. The van der Waals surface area contributed by atoms with Crippen molar-refractivity contribution >= 4 is 11.7 Å². The molecule has 0 bridgehead atoms. The molecule has 0 spiro atoms. The average molecular weight is 378 g/mol. The number of carbonyl (C=O) groups excluding carboxylic acids is 1. The molecule has 3 aromatic rings. The quantitative estimate of drug-likeness (QED) is 0.689. The molecule has 0 atom stereocenters. The number of nitrogens with zero attached hydrogens (tertiary/aromatic N) is 3. The Kier molecular flexibility index (Phi) is 4.53. The molecule has 0 aliphatic carbocycles. The highest BCUT2D eigenvalue weighted by molar-refractivity contribution is 5.89. The fourth-order valence-electron chi connectivity index (χ4n) is 3.21. The summed E-state index contributed by atoms with van der Waals surface area (Å²) in [7, 11) is 0. The summed E-state index contributed by atoms with van der Waals surface area (Å²) in [5, 5.41) is 7.12. The minimum absolute atomic E-state index is 0.0908. The Morgan fingerprint density at radius 3 is 2.68 bits per heavy atom. The van der Waals surface area contributed by atoms with Crippen molar-refractivity contribution in [2.75, 3.05) is 11.9 Å². The zero-order valence-electron chi connectivity index (χ0n) is 14.8. The van der Waals surface area contributed by atoms with Crippen LogP contribution in [-0.4, -0.2) is 27.3 Å². The molecule has 0 unspecified atom stereocenters. The highest BCUT2D eigenvalue weighted by Crippen LogP contribution is 2.27. The van der Waals surface area contributed by atoms with Crippen molar-refractivity contribution in [2.45, 2.75) is 13.1 Å². The molecule has 1 aliphatic rings. The van der Waals surface area contributed by atoms with E-state index in [0.29, 0.717) is 25.3 Å². The van der Waals surface area contributed by atoms with Crippen molar-refractivity contribution in [3.05, 3.63) is 71.6 Å². The van der Waals surface area contributed by atoms with E-state index in [2.05, 4.69) is 16.3 Å². The largest absolute Gasteiger partial charge is 0.322 e. The van der Waals surface area contributed by atoms with Crippen LogP contribution in [0.3, 0.4) is 0 Å². The topological polar surface area (TPSA) is 50.2 Å². The molecule has 28 heavy (non-hydrogen) atoms. The average Bonchev–Trinajstić information content (AvgIpc) is 3.13. The maximum atomic E-state index is 13.5. The number of amides is 2. The van der Waals surface area contributed by atoms with Crippen LogP contribution >= 0.6 is 0 Å². The van der Waals surface area contributed by atoms with Gasteiger partial charge >= 0.3 is 6.03 Å². The molecular weight excluding hydrogens is 362 g/mol. The number of carbonyl (C=O) groups is 1. The Morgan fingerprint density at radius 2 is 1.93 bits per heavy atom. The summed E-state index contributed by atoms with van der Waals surface area (Å²) in [5.41, 5.74) is 3.08. The van der Waals surface area contributed by atoms with Crippen molar-refractivity contribution in [1.29, 1.82) is 0 Å². The Balaban J connectivity index is 1.54. The SMILES string of the molecule is C#Cc1cc(NC(=O)N2CCn3ncc(-c4ccc(F)cc4)c3C2)ccc1F. The van der Waals surface area contributed by atoms with Gasteiger partial charge in [0, 0.05) is 17.8 Å². The predicted molar refractivity (Wildman–Crippen MR) is 101 cm³/mol. The van der Waals surface area contributed by atoms with Crippen LogP contribution in [0.4, 0.5) is 19.3 Å². The van der Waals surface area contributed by atoms with Gasteiger partial charge in [-0.1, -0.05) is 18.1 Å². The van der Waals surface area contributed by atoms with E-state index in [0.717, 1.165) is 16.8 Å². The van der Waals surface area contributed by atoms with Gasteiger partial charge < -0.3 is 10.2 Å². The van der Waals surface area contributed by atoms with E-state index in [1.807, 2.05) is 4.68 Å². The van der Waals surface area contributed by atoms with Crippen LogP contribution in [0.5, 0.6) is 0 Å². The molecular formula is C21H16F2N4O. The van der Waals surface area contributed by atoms with Crippen LogP contribution in [0, 0.1) is 24.0 Å². The number of halogens is 2. The van der Waals surface area contributed by atoms with E-state index in [9.17, 15) is 13.6 Å². The Labute approximate surface area is 160 Å². The lowest BCUT2D eigenvalue weighted by Gasteiger charge is -2.28. The van der Waals surface area contributed by atoms with Gasteiger partial charge in [-0.3, -0.25) is 4.68 Å². The van der Waals surface area contributed by atoms with Crippen LogP contribution in [0.15, 0.2) is 48.7 Å². The molecule has 0 fully saturated rings. The van der Waals surface area contributed by atoms with Crippen molar-refractivity contribution < 1.29 is 13.6 Å². The van der Waals surface area contributed by atoms with Gasteiger partial charge in [-0.2, -0.15) is 5.10 Å². The Morgan fingerprint density at radius 1 is 1.14 bits per heavy atom. The first-order valence-electron chi connectivity index (χ1n) is 8.68. The number of hydrogen-bond acceptors (Lipinski definition) is 2. The molecule has 2 aromatic carbocycles. The van der Waals surface area contributed by atoms with E-state index in [-0.39, 0.29) is 17.4 Å². The summed E-state index contributed by atoms with van der Waals surface area (Å²) in [4.78, 5) is 14.3. The summed E-state index contributed by atoms with van der Waals surface area (Å²) in [6.07, 6.45) is 6.99. The van der Waals surface area contributed by atoms with Gasteiger partial charge in [0.15, 0.2) is 0 Å². The molecule has 1 aromatic heterocycles. The number of rotatable bonds is 2. The van der Waals surface area contributed by atoms with Gasteiger partial charge in [0.25, 0.3) is 0 Å². The lowest BCUT2D eigenvalue weighted by Crippen LogP contribution is -2.41. The molecule has 0 saturated carbocycles. The summed E-state index contributed by atoms with van der Waals surface area (Å²) < 4.78 is 28.6. The second kappa shape index (κ2) is 7.16. The van der Waals surface area contributed by atoms with Gasteiger partial charge in [0.1, 0.15) is 11.6 Å². The molecule has 0 radical (unpaired) electrons. The van der Waals surface area contributed by atoms with E-state index >= 15 is 0 Å². The first kappa shape index (κ1) is 17.7. The smallest absolute Gasteiger partial charge is 0.317 e. The summed E-state index contributed by atoms with van der Waals surface area (Å²) in [6.45, 7) is 1.37. The highest BCUT2D eigenvalue weighted by Gasteiger charge is 2.24. The Hall–Kier alpha value is -3.66. The van der Waals surface area contributed by atoms with Gasteiger partial charge in [-0.15, -0.1) is 6.42 Å². The maximum Gasteiger partial charge on any atom is 0.322 e. The molecule has 1 aliphatic heterocycles.